The summed E-state index contributed by atoms with van der Waals surface area (Å²) in [5.41, 5.74) is 1.97. The molecule has 0 heterocycles. The summed E-state index contributed by atoms with van der Waals surface area (Å²) in [4.78, 5) is 43.8. The van der Waals surface area contributed by atoms with Crippen molar-refractivity contribution in [2.24, 2.45) is 0 Å². The van der Waals surface area contributed by atoms with Gasteiger partial charge in [0, 0.05) is 19.0 Å². The highest BCUT2D eigenvalue weighted by molar-refractivity contribution is 5.92. The Kier molecular flexibility index (Phi) is 14.2. The van der Waals surface area contributed by atoms with E-state index in [1.165, 1.54) is 19.3 Å². The second-order valence-electron chi connectivity index (χ2n) is 13.3. The van der Waals surface area contributed by atoms with E-state index < -0.39 is 23.8 Å². The molecule has 3 amide bonds. The molecular formula is C37H55N3O4. The van der Waals surface area contributed by atoms with Crippen molar-refractivity contribution in [3.63, 3.8) is 0 Å². The van der Waals surface area contributed by atoms with Crippen LogP contribution in [0.3, 0.4) is 0 Å². The van der Waals surface area contributed by atoms with Gasteiger partial charge in [0.15, 0.2) is 0 Å². The van der Waals surface area contributed by atoms with Crippen molar-refractivity contribution in [1.29, 1.82) is 0 Å². The quantitative estimate of drug-likeness (QED) is 0.203. The predicted octanol–water partition coefficient (Wildman–Crippen LogP) is 7.81. The first-order chi connectivity index (χ1) is 21.1. The van der Waals surface area contributed by atoms with Gasteiger partial charge in [-0.25, -0.2) is 4.79 Å². The summed E-state index contributed by atoms with van der Waals surface area (Å²) in [6.07, 6.45) is 11.3. The number of benzene rings is 2. The monoisotopic (exact) mass is 605 g/mol. The summed E-state index contributed by atoms with van der Waals surface area (Å²) in [6, 6.07) is 15.9. The SMILES string of the molecule is CCCCCCCCN(C(=O)C(Cc1ccccc1)NC(=O)OC(C)(C)C)C(C(=O)NC1CCCCC1)c1ccccc1C. The molecule has 0 aromatic heterocycles. The average molecular weight is 606 g/mol. The van der Waals surface area contributed by atoms with Gasteiger partial charge in [0.25, 0.3) is 0 Å². The van der Waals surface area contributed by atoms with E-state index in [0.717, 1.165) is 68.1 Å². The maximum Gasteiger partial charge on any atom is 0.408 e. The maximum absolute atomic E-state index is 14.7. The Bertz CT molecular complexity index is 1170. The van der Waals surface area contributed by atoms with E-state index in [9.17, 15) is 14.4 Å². The van der Waals surface area contributed by atoms with Crippen LogP contribution >= 0.6 is 0 Å². The van der Waals surface area contributed by atoms with E-state index >= 15 is 0 Å². The summed E-state index contributed by atoms with van der Waals surface area (Å²) in [5, 5.41) is 6.19. The lowest BCUT2D eigenvalue weighted by Gasteiger charge is -2.36. The maximum atomic E-state index is 14.7. The third kappa shape index (κ3) is 11.6. The van der Waals surface area contributed by atoms with Crippen molar-refractivity contribution in [1.82, 2.24) is 15.5 Å². The zero-order chi connectivity index (χ0) is 32.0. The van der Waals surface area contributed by atoms with E-state index in [-0.39, 0.29) is 24.3 Å². The Morgan fingerprint density at radius 2 is 1.52 bits per heavy atom. The number of carbonyl (C=O) groups is 3. The molecule has 3 rings (SSSR count). The van der Waals surface area contributed by atoms with Gasteiger partial charge in [-0.3, -0.25) is 9.59 Å². The van der Waals surface area contributed by atoms with Gasteiger partial charge in [-0.05, 0) is 63.6 Å². The van der Waals surface area contributed by atoms with E-state index in [1.54, 1.807) is 25.7 Å². The highest BCUT2D eigenvalue weighted by Gasteiger charge is 2.37. The van der Waals surface area contributed by atoms with Gasteiger partial charge in [-0.2, -0.15) is 0 Å². The molecule has 0 bridgehead atoms. The minimum absolute atomic E-state index is 0.105. The Morgan fingerprint density at radius 3 is 2.18 bits per heavy atom. The first-order valence-electron chi connectivity index (χ1n) is 16.8. The van der Waals surface area contributed by atoms with Crippen LogP contribution in [0.2, 0.25) is 0 Å². The Labute approximate surface area is 265 Å². The Balaban J connectivity index is 1.99. The number of unbranched alkanes of at least 4 members (excludes halogenated alkanes) is 5. The number of alkyl carbamates (subject to hydrolysis) is 1. The van der Waals surface area contributed by atoms with Gasteiger partial charge in [-0.1, -0.05) is 113 Å². The largest absolute Gasteiger partial charge is 0.444 e. The number of nitrogens with zero attached hydrogens (tertiary/aromatic N) is 1. The zero-order valence-electron chi connectivity index (χ0n) is 27.7. The van der Waals surface area contributed by atoms with Crippen LogP contribution in [0.4, 0.5) is 4.79 Å². The van der Waals surface area contributed by atoms with Crippen LogP contribution in [-0.4, -0.2) is 47.0 Å². The lowest BCUT2D eigenvalue weighted by atomic mass is 9.93. The van der Waals surface area contributed by atoms with Gasteiger partial charge < -0.3 is 20.3 Å². The molecule has 2 N–H and O–H groups in total. The smallest absolute Gasteiger partial charge is 0.408 e. The minimum atomic E-state index is -0.902. The fraction of sp³-hybridized carbons (Fsp3) is 0.595. The second kappa shape index (κ2) is 17.8. The molecular weight excluding hydrogens is 550 g/mol. The van der Waals surface area contributed by atoms with Gasteiger partial charge in [-0.15, -0.1) is 0 Å². The van der Waals surface area contributed by atoms with Crippen molar-refractivity contribution in [3.05, 3.63) is 71.3 Å². The molecule has 1 saturated carbocycles. The van der Waals surface area contributed by atoms with Crippen LogP contribution < -0.4 is 10.6 Å². The van der Waals surface area contributed by atoms with Gasteiger partial charge in [0.2, 0.25) is 11.8 Å². The van der Waals surface area contributed by atoms with Crippen molar-refractivity contribution in [2.45, 2.75) is 135 Å². The summed E-state index contributed by atoms with van der Waals surface area (Å²) in [7, 11) is 0. The molecule has 1 fully saturated rings. The molecule has 2 aromatic carbocycles. The number of amides is 3. The second-order valence-corrected chi connectivity index (χ2v) is 13.3. The number of nitrogens with one attached hydrogen (secondary N) is 2. The van der Waals surface area contributed by atoms with Crippen LogP contribution in [0.5, 0.6) is 0 Å². The third-order valence-corrected chi connectivity index (χ3v) is 8.30. The lowest BCUT2D eigenvalue weighted by Crippen LogP contribution is -2.54. The summed E-state index contributed by atoms with van der Waals surface area (Å²) >= 11 is 0. The molecule has 242 valence electrons. The molecule has 1 aliphatic rings. The van der Waals surface area contributed by atoms with E-state index in [1.807, 2.05) is 61.5 Å². The van der Waals surface area contributed by atoms with E-state index in [4.69, 9.17) is 4.74 Å². The van der Waals surface area contributed by atoms with Crippen LogP contribution in [0.15, 0.2) is 54.6 Å². The number of ether oxygens (including phenoxy) is 1. The van der Waals surface area contributed by atoms with E-state index in [0.29, 0.717) is 6.54 Å². The Morgan fingerprint density at radius 1 is 0.886 bits per heavy atom. The van der Waals surface area contributed by atoms with Crippen molar-refractivity contribution in [2.75, 3.05) is 6.54 Å². The van der Waals surface area contributed by atoms with Crippen molar-refractivity contribution >= 4 is 17.9 Å². The topological polar surface area (TPSA) is 87.7 Å². The summed E-state index contributed by atoms with van der Waals surface area (Å²) in [5.74, 6) is -0.429. The average Bonchev–Trinajstić information content (AvgIpc) is 2.98. The standard InChI is InChI=1S/C37H55N3O4/c1-6-7-8-9-10-19-26-40(33(31-25-18-17-20-28(31)2)34(41)38-30-23-15-12-16-24-30)35(42)32(27-29-21-13-11-14-22-29)39-36(43)44-37(3,4)5/h11,13-14,17-18,20-22,25,30,32-33H,6-10,12,15-16,19,23-24,26-27H2,1-5H3,(H,38,41)(H,39,43). The molecule has 0 saturated heterocycles. The number of rotatable bonds is 15. The summed E-state index contributed by atoms with van der Waals surface area (Å²) < 4.78 is 5.58. The molecule has 2 atom stereocenters. The normalized spacial score (nSPS) is 15.2. The van der Waals surface area contributed by atoms with Gasteiger partial charge in [0.1, 0.15) is 17.7 Å². The minimum Gasteiger partial charge on any atom is -0.444 e. The molecule has 0 radical (unpaired) electrons. The highest BCUT2D eigenvalue weighted by atomic mass is 16.6. The molecule has 0 spiro atoms. The van der Waals surface area contributed by atoms with Crippen LogP contribution in [0.25, 0.3) is 0 Å². The third-order valence-electron chi connectivity index (χ3n) is 8.30. The first kappa shape index (κ1) is 35.1. The fourth-order valence-electron chi connectivity index (χ4n) is 6.00. The number of carbonyl (C=O) groups excluding carboxylic acids is 3. The van der Waals surface area contributed by atoms with Crippen LogP contribution in [0, 0.1) is 6.92 Å². The first-order valence-corrected chi connectivity index (χ1v) is 16.8. The van der Waals surface area contributed by atoms with Crippen molar-refractivity contribution < 1.29 is 19.1 Å². The molecule has 2 unspecified atom stereocenters. The molecule has 7 nitrogen and oxygen atoms in total. The number of hydrogen-bond donors (Lipinski definition) is 2. The zero-order valence-corrected chi connectivity index (χ0v) is 27.7. The molecule has 2 aromatic rings. The molecule has 7 heteroatoms. The summed E-state index contributed by atoms with van der Waals surface area (Å²) in [6.45, 7) is 10.0. The van der Waals surface area contributed by atoms with Crippen molar-refractivity contribution in [3.8, 4) is 0 Å². The van der Waals surface area contributed by atoms with Gasteiger partial charge >= 0.3 is 6.09 Å². The highest BCUT2D eigenvalue weighted by Crippen LogP contribution is 2.28. The van der Waals surface area contributed by atoms with Crippen LogP contribution in [-0.2, 0) is 20.7 Å². The van der Waals surface area contributed by atoms with E-state index in [2.05, 4.69) is 17.6 Å². The van der Waals surface area contributed by atoms with Gasteiger partial charge in [0.05, 0.1) is 0 Å². The number of hydrogen-bond acceptors (Lipinski definition) is 4. The van der Waals surface area contributed by atoms with Crippen LogP contribution in [0.1, 0.15) is 121 Å². The predicted molar refractivity (Wildman–Crippen MR) is 177 cm³/mol. The molecule has 44 heavy (non-hydrogen) atoms. The molecule has 1 aliphatic carbocycles. The lowest BCUT2D eigenvalue weighted by molar-refractivity contribution is -0.143. The number of aryl methyl sites for hydroxylation is 1. The fourth-order valence-corrected chi connectivity index (χ4v) is 6.00. The Hall–Kier alpha value is -3.35. The molecule has 0 aliphatic heterocycles.